The highest BCUT2D eigenvalue weighted by Crippen LogP contribution is 2.45. The van der Waals surface area contributed by atoms with Gasteiger partial charge in [0.25, 0.3) is 5.78 Å². The number of carbonyl (C=O) groups is 3. The van der Waals surface area contributed by atoms with Crippen molar-refractivity contribution in [2.24, 2.45) is 0 Å². The number of amides is 1. The molecule has 182 valence electrons. The third kappa shape index (κ3) is 4.71. The molecule has 35 heavy (non-hydrogen) atoms. The monoisotopic (exact) mass is 512 g/mol. The fourth-order valence-electron chi connectivity index (χ4n) is 3.74. The molecule has 0 saturated carbocycles. The van der Waals surface area contributed by atoms with E-state index in [1.165, 1.54) is 16.2 Å². The number of Topliss-reactive ketones (excluding diaryl/α,β-unsaturated/α-hetero) is 1. The average molecular weight is 513 g/mol. The number of carbonyl (C=O) groups excluding carboxylic acids is 3. The maximum atomic E-state index is 13.2. The van der Waals surface area contributed by atoms with Crippen LogP contribution in [0.25, 0.3) is 5.76 Å². The van der Waals surface area contributed by atoms with Crippen LogP contribution >= 0.6 is 22.7 Å². The zero-order valence-electron chi connectivity index (χ0n) is 19.6. The van der Waals surface area contributed by atoms with Crippen LogP contribution in [0.5, 0.6) is 5.75 Å². The van der Waals surface area contributed by atoms with Gasteiger partial charge in [0, 0.05) is 10.4 Å². The molecule has 0 aliphatic carbocycles. The molecular weight excluding hydrogens is 488 g/mol. The number of aliphatic hydroxyl groups excluding tert-OH is 1. The van der Waals surface area contributed by atoms with Crippen molar-refractivity contribution in [2.45, 2.75) is 39.8 Å². The van der Waals surface area contributed by atoms with E-state index in [0.717, 1.165) is 11.3 Å². The molecule has 0 radical (unpaired) electrons. The number of aryl methyl sites for hydroxylation is 1. The van der Waals surface area contributed by atoms with Crippen LogP contribution in [0, 0.1) is 6.92 Å². The fourth-order valence-corrected chi connectivity index (χ4v) is 5.55. The van der Waals surface area contributed by atoms with Crippen LogP contribution in [0.4, 0.5) is 5.13 Å². The zero-order valence-corrected chi connectivity index (χ0v) is 21.2. The molecule has 8 nitrogen and oxygen atoms in total. The van der Waals surface area contributed by atoms with Crippen molar-refractivity contribution in [1.29, 1.82) is 0 Å². The summed E-state index contributed by atoms with van der Waals surface area (Å²) < 4.78 is 10.7. The smallest absolute Gasteiger partial charge is 0.350 e. The van der Waals surface area contributed by atoms with Crippen LogP contribution < -0.4 is 9.64 Å². The summed E-state index contributed by atoms with van der Waals surface area (Å²) in [6.45, 7) is 7.36. The minimum absolute atomic E-state index is 0.0140. The Morgan fingerprint density at radius 1 is 1.20 bits per heavy atom. The minimum atomic E-state index is -0.887. The molecule has 3 aromatic rings. The number of rotatable bonds is 7. The van der Waals surface area contributed by atoms with E-state index in [0.29, 0.717) is 21.9 Å². The van der Waals surface area contributed by atoms with Gasteiger partial charge in [-0.15, -0.1) is 11.3 Å². The van der Waals surface area contributed by atoms with Gasteiger partial charge in [0.05, 0.1) is 24.0 Å². The Balaban J connectivity index is 1.81. The third-order valence-electron chi connectivity index (χ3n) is 5.21. The Bertz CT molecular complexity index is 1290. The summed E-state index contributed by atoms with van der Waals surface area (Å²) >= 11 is 2.33. The largest absolute Gasteiger partial charge is 0.507 e. The number of nitrogens with zero attached hydrogens (tertiary/aromatic N) is 2. The first-order valence-electron chi connectivity index (χ1n) is 11.0. The number of hydrogen-bond acceptors (Lipinski definition) is 9. The number of aromatic nitrogens is 1. The summed E-state index contributed by atoms with van der Waals surface area (Å²) in [5.74, 6) is -1.86. The molecule has 2 aromatic heterocycles. The predicted octanol–water partition coefficient (Wildman–Crippen LogP) is 5.10. The lowest BCUT2D eigenvalue weighted by atomic mass is 10.00. The normalized spacial score (nSPS) is 17.3. The molecule has 1 aromatic carbocycles. The molecule has 4 rings (SSSR count). The molecule has 1 N–H and O–H groups in total. The second-order valence-corrected chi connectivity index (χ2v) is 9.96. The number of esters is 1. The molecule has 1 amide bonds. The van der Waals surface area contributed by atoms with E-state index in [2.05, 4.69) is 4.98 Å². The zero-order chi connectivity index (χ0) is 25.3. The highest BCUT2D eigenvalue weighted by Gasteiger charge is 2.48. The minimum Gasteiger partial charge on any atom is -0.507 e. The van der Waals surface area contributed by atoms with Crippen molar-refractivity contribution < 1.29 is 29.0 Å². The molecule has 1 atom stereocenters. The first-order valence-corrected chi connectivity index (χ1v) is 12.7. The molecule has 10 heteroatoms. The van der Waals surface area contributed by atoms with Crippen molar-refractivity contribution >= 4 is 51.2 Å². The van der Waals surface area contributed by atoms with Crippen LogP contribution in [-0.2, 0) is 14.3 Å². The number of hydrogen-bond donors (Lipinski definition) is 1. The SMILES string of the molecule is CCOC(=O)c1sc(N2C(=O)C(=O)/C(=C(/O)c3ccc(OC(C)C)cc3)C2c2cccs2)nc1C. The van der Waals surface area contributed by atoms with E-state index in [-0.39, 0.29) is 34.1 Å². The lowest BCUT2D eigenvalue weighted by molar-refractivity contribution is -0.132. The maximum absolute atomic E-state index is 13.2. The van der Waals surface area contributed by atoms with E-state index in [4.69, 9.17) is 9.47 Å². The van der Waals surface area contributed by atoms with Gasteiger partial charge in [-0.1, -0.05) is 17.4 Å². The van der Waals surface area contributed by atoms with Crippen molar-refractivity contribution in [3.05, 3.63) is 68.4 Å². The molecule has 1 aliphatic rings. The molecule has 1 aliphatic heterocycles. The van der Waals surface area contributed by atoms with Crippen LogP contribution in [0.3, 0.4) is 0 Å². The molecule has 3 heterocycles. The van der Waals surface area contributed by atoms with Gasteiger partial charge in [-0.3, -0.25) is 14.5 Å². The quantitative estimate of drug-likeness (QED) is 0.203. The number of ketones is 1. The number of benzene rings is 1. The standard InChI is InChI=1S/C25H24N2O6S2/c1-5-32-24(31)22-14(4)26-25(35-22)27-19(17-7-6-12-34-17)18(21(29)23(27)30)20(28)15-8-10-16(11-9-15)33-13(2)3/h6-13,19,28H,5H2,1-4H3/b20-18+. The Hall–Kier alpha value is -3.50. The fraction of sp³-hybridized carbons (Fsp3) is 0.280. The molecule has 1 fully saturated rings. The van der Waals surface area contributed by atoms with Gasteiger partial charge in [0.15, 0.2) is 5.13 Å². The van der Waals surface area contributed by atoms with E-state index in [1.807, 2.05) is 19.2 Å². The Morgan fingerprint density at radius 2 is 1.91 bits per heavy atom. The maximum Gasteiger partial charge on any atom is 0.350 e. The van der Waals surface area contributed by atoms with Gasteiger partial charge in [0.2, 0.25) is 0 Å². The molecular formula is C25H24N2O6S2. The van der Waals surface area contributed by atoms with Crippen molar-refractivity contribution in [2.75, 3.05) is 11.5 Å². The molecule has 0 bridgehead atoms. The van der Waals surface area contributed by atoms with Gasteiger partial charge in [-0.25, -0.2) is 9.78 Å². The first kappa shape index (κ1) is 24.6. The Kier molecular flexibility index (Phi) is 7.04. The molecule has 0 spiro atoms. The first-order chi connectivity index (χ1) is 16.7. The third-order valence-corrected chi connectivity index (χ3v) is 7.27. The molecule has 1 saturated heterocycles. The van der Waals surface area contributed by atoms with E-state index < -0.39 is 23.7 Å². The van der Waals surface area contributed by atoms with Crippen molar-refractivity contribution in [1.82, 2.24) is 4.98 Å². The number of thiophene rings is 1. The van der Waals surface area contributed by atoms with Gasteiger partial charge in [-0.05, 0) is 63.4 Å². The number of ether oxygens (including phenoxy) is 2. The summed E-state index contributed by atoms with van der Waals surface area (Å²) in [7, 11) is 0. The second kappa shape index (κ2) is 10.0. The van der Waals surface area contributed by atoms with Gasteiger partial charge in [-0.2, -0.15) is 0 Å². The summed E-state index contributed by atoms with van der Waals surface area (Å²) in [6, 6.07) is 9.37. The summed E-state index contributed by atoms with van der Waals surface area (Å²) in [4.78, 5) is 45.3. The summed E-state index contributed by atoms with van der Waals surface area (Å²) in [5, 5.41) is 13.2. The summed E-state index contributed by atoms with van der Waals surface area (Å²) in [5.41, 5.74) is 0.736. The average Bonchev–Trinajstić information content (AvgIpc) is 3.53. The van der Waals surface area contributed by atoms with Gasteiger partial charge in [0.1, 0.15) is 22.4 Å². The van der Waals surface area contributed by atoms with Gasteiger partial charge < -0.3 is 14.6 Å². The van der Waals surface area contributed by atoms with E-state index in [1.54, 1.807) is 50.2 Å². The Morgan fingerprint density at radius 3 is 2.51 bits per heavy atom. The number of thiazole rings is 1. The highest BCUT2D eigenvalue weighted by atomic mass is 32.1. The van der Waals surface area contributed by atoms with Crippen molar-refractivity contribution in [3.8, 4) is 5.75 Å². The van der Waals surface area contributed by atoms with Crippen molar-refractivity contribution in [3.63, 3.8) is 0 Å². The van der Waals surface area contributed by atoms with Crippen LogP contribution in [0.1, 0.15) is 52.6 Å². The number of aliphatic hydroxyl groups is 1. The predicted molar refractivity (Wildman–Crippen MR) is 134 cm³/mol. The van der Waals surface area contributed by atoms with E-state index >= 15 is 0 Å². The highest BCUT2D eigenvalue weighted by molar-refractivity contribution is 7.18. The van der Waals surface area contributed by atoms with Crippen LogP contribution in [0.15, 0.2) is 47.4 Å². The van der Waals surface area contributed by atoms with Crippen LogP contribution in [-0.4, -0.2) is 40.5 Å². The Labute approximate surface area is 210 Å². The summed E-state index contributed by atoms with van der Waals surface area (Å²) in [6.07, 6.45) is -0.0140. The lowest BCUT2D eigenvalue weighted by Crippen LogP contribution is -2.29. The van der Waals surface area contributed by atoms with Gasteiger partial charge >= 0.3 is 11.9 Å². The van der Waals surface area contributed by atoms with E-state index in [9.17, 15) is 19.5 Å². The molecule has 1 unspecified atom stereocenters. The topological polar surface area (TPSA) is 106 Å². The number of anilines is 1. The van der Waals surface area contributed by atoms with Crippen LogP contribution in [0.2, 0.25) is 0 Å². The lowest BCUT2D eigenvalue weighted by Gasteiger charge is -2.21. The second-order valence-electron chi connectivity index (χ2n) is 8.01.